The molecule has 32 heavy (non-hydrogen) atoms. The molecule has 1 aromatic heterocycles. The monoisotopic (exact) mass is 436 g/mol. The third-order valence-corrected chi connectivity index (χ3v) is 5.84. The van der Waals surface area contributed by atoms with Crippen molar-refractivity contribution in [3.8, 4) is 11.8 Å². The zero-order valence-electron chi connectivity index (χ0n) is 20.1. The van der Waals surface area contributed by atoms with E-state index in [1.54, 1.807) is 0 Å². The molecule has 1 saturated heterocycles. The van der Waals surface area contributed by atoms with Crippen molar-refractivity contribution in [2.45, 2.75) is 59.0 Å². The van der Waals surface area contributed by atoms with Gasteiger partial charge in [0.1, 0.15) is 0 Å². The Balaban J connectivity index is 0.00000176. The molecule has 2 aliphatic heterocycles. The third kappa shape index (κ3) is 7.72. The lowest BCUT2D eigenvalue weighted by molar-refractivity contribution is 0.198. The van der Waals surface area contributed by atoms with Gasteiger partial charge in [-0.15, -0.1) is 5.92 Å². The van der Waals surface area contributed by atoms with Crippen LogP contribution < -0.4 is 11.1 Å². The largest absolute Gasteiger partial charge is 0.391 e. The minimum Gasteiger partial charge on any atom is -0.391 e. The molecule has 3 rings (SSSR count). The number of rotatable bonds is 4. The maximum atomic E-state index is 5.72. The highest BCUT2D eigenvalue weighted by molar-refractivity contribution is 5.85. The molecular formula is C26H40N6. The molecule has 2 aliphatic rings. The van der Waals surface area contributed by atoms with E-state index in [1.807, 2.05) is 51.5 Å². The first-order valence-corrected chi connectivity index (χ1v) is 11.9. The first kappa shape index (κ1) is 25.5. The first-order valence-electron chi connectivity index (χ1n) is 11.9. The summed E-state index contributed by atoms with van der Waals surface area (Å²) in [5, 5.41) is 7.89. The minimum atomic E-state index is 0.428. The van der Waals surface area contributed by atoms with E-state index in [2.05, 4.69) is 49.6 Å². The summed E-state index contributed by atoms with van der Waals surface area (Å²) in [6, 6.07) is 0.451. The molecule has 1 atom stereocenters. The van der Waals surface area contributed by atoms with E-state index in [9.17, 15) is 0 Å². The molecule has 0 radical (unpaired) electrons. The molecule has 6 heteroatoms. The molecule has 1 fully saturated rings. The van der Waals surface area contributed by atoms with Crippen molar-refractivity contribution < 1.29 is 0 Å². The lowest BCUT2D eigenvalue weighted by atomic mass is 9.94. The van der Waals surface area contributed by atoms with Crippen LogP contribution in [0.3, 0.4) is 0 Å². The number of hydrogen-bond donors (Lipinski definition) is 2. The van der Waals surface area contributed by atoms with E-state index in [4.69, 9.17) is 5.73 Å². The van der Waals surface area contributed by atoms with Crippen LogP contribution in [-0.2, 0) is 6.54 Å². The summed E-state index contributed by atoms with van der Waals surface area (Å²) < 4.78 is 2.09. The van der Waals surface area contributed by atoms with Crippen molar-refractivity contribution in [3.05, 3.63) is 54.2 Å². The molecule has 0 bridgehead atoms. The number of nitrogens with one attached hydrogen (secondary N) is 1. The van der Waals surface area contributed by atoms with Gasteiger partial charge < -0.3 is 16.0 Å². The van der Waals surface area contributed by atoms with Gasteiger partial charge in [0.25, 0.3) is 0 Å². The first-order chi connectivity index (χ1) is 15.7. The van der Waals surface area contributed by atoms with Crippen LogP contribution >= 0.6 is 0 Å². The molecule has 0 saturated carbocycles. The van der Waals surface area contributed by atoms with Crippen LogP contribution in [0.25, 0.3) is 0 Å². The highest BCUT2D eigenvalue weighted by atomic mass is 15.3. The average molecular weight is 437 g/mol. The average Bonchev–Trinajstić information content (AvgIpc) is 3.31. The highest BCUT2D eigenvalue weighted by Gasteiger charge is 2.25. The molecule has 174 valence electrons. The van der Waals surface area contributed by atoms with Gasteiger partial charge in [0.05, 0.1) is 12.2 Å². The number of aliphatic imine (C=N–C) groups is 1. The van der Waals surface area contributed by atoms with Crippen molar-refractivity contribution in [2.24, 2.45) is 16.6 Å². The maximum absolute atomic E-state index is 5.72. The summed E-state index contributed by atoms with van der Waals surface area (Å²) in [7, 11) is 0. The van der Waals surface area contributed by atoms with Gasteiger partial charge >= 0.3 is 0 Å². The van der Waals surface area contributed by atoms with Crippen LogP contribution in [0, 0.1) is 17.8 Å². The summed E-state index contributed by atoms with van der Waals surface area (Å²) in [4.78, 5) is 7.08. The second-order valence-electron chi connectivity index (χ2n) is 7.86. The fraction of sp³-hybridized carbons (Fsp3) is 0.538. The van der Waals surface area contributed by atoms with Gasteiger partial charge in [-0.1, -0.05) is 26.3 Å². The van der Waals surface area contributed by atoms with E-state index >= 15 is 0 Å². The third-order valence-electron chi connectivity index (χ3n) is 5.84. The second-order valence-corrected chi connectivity index (χ2v) is 7.86. The van der Waals surface area contributed by atoms with E-state index in [-0.39, 0.29) is 0 Å². The van der Waals surface area contributed by atoms with Gasteiger partial charge in [0.15, 0.2) is 0 Å². The molecule has 3 N–H and O–H groups in total. The Hall–Kier alpha value is -2.78. The molecule has 0 aromatic carbocycles. The maximum Gasteiger partial charge on any atom is 0.0553 e. The molecule has 6 nitrogen and oxygen atoms in total. The number of allylic oxidation sites excluding steroid dienone is 4. The normalized spacial score (nSPS) is 22.4. The van der Waals surface area contributed by atoms with E-state index in [0.717, 1.165) is 63.0 Å². The molecule has 3 heterocycles. The van der Waals surface area contributed by atoms with Crippen LogP contribution in [0.4, 0.5) is 0 Å². The fourth-order valence-electron chi connectivity index (χ4n) is 4.05. The van der Waals surface area contributed by atoms with E-state index in [0.29, 0.717) is 18.5 Å². The van der Waals surface area contributed by atoms with Gasteiger partial charge in [-0.3, -0.25) is 9.67 Å². The Morgan fingerprint density at radius 3 is 2.72 bits per heavy atom. The zero-order chi connectivity index (χ0) is 23.2. The predicted octanol–water partition coefficient (Wildman–Crippen LogP) is 4.05. The second kappa shape index (κ2) is 14.3. The van der Waals surface area contributed by atoms with Crippen LogP contribution in [-0.4, -0.2) is 47.1 Å². The molecule has 1 aromatic rings. The van der Waals surface area contributed by atoms with Crippen LogP contribution in [0.15, 0.2) is 53.6 Å². The molecule has 0 spiro atoms. The van der Waals surface area contributed by atoms with Gasteiger partial charge in [-0.25, -0.2) is 0 Å². The molecule has 1 unspecified atom stereocenters. The molecular weight excluding hydrogens is 396 g/mol. The quantitative estimate of drug-likeness (QED) is 0.699. The van der Waals surface area contributed by atoms with Gasteiger partial charge in [0.2, 0.25) is 0 Å². The van der Waals surface area contributed by atoms with Crippen molar-refractivity contribution in [1.29, 1.82) is 0 Å². The fourth-order valence-corrected chi connectivity index (χ4v) is 4.05. The Morgan fingerprint density at radius 2 is 2.03 bits per heavy atom. The van der Waals surface area contributed by atoms with E-state index in [1.165, 1.54) is 5.70 Å². The molecule has 0 aliphatic carbocycles. The van der Waals surface area contributed by atoms with Crippen LogP contribution in [0.1, 0.15) is 58.1 Å². The standard InChI is InChI=1S/C24H34N6.C2H6/c1-3-5-21-6-4-11-26-12-7-23(8-13-27-17-21)20(2)29-14-9-24(10-15-29)30-19-22(16-25)18-28-30;1-2/h4,6,11,17-19,23-24,26H,2,7-10,12-16,25H2,1H3;1-2H3/b11-4+,21-6-,27-17?;. The predicted molar refractivity (Wildman–Crippen MR) is 135 cm³/mol. The smallest absolute Gasteiger partial charge is 0.0553 e. The van der Waals surface area contributed by atoms with Crippen molar-refractivity contribution in [1.82, 2.24) is 20.0 Å². The molecule has 0 amide bonds. The number of nitrogens with two attached hydrogens (primary N) is 1. The summed E-state index contributed by atoms with van der Waals surface area (Å²) >= 11 is 0. The number of hydrogen-bond acceptors (Lipinski definition) is 5. The topological polar surface area (TPSA) is 71.5 Å². The van der Waals surface area contributed by atoms with Gasteiger partial charge in [-0.2, -0.15) is 5.10 Å². The number of piperidine rings is 1. The Bertz CT molecular complexity index is 843. The Morgan fingerprint density at radius 1 is 1.25 bits per heavy atom. The Kier molecular flexibility index (Phi) is 11.4. The zero-order valence-corrected chi connectivity index (χ0v) is 20.1. The lowest BCUT2D eigenvalue weighted by Gasteiger charge is -2.37. The van der Waals surface area contributed by atoms with Gasteiger partial charge in [0, 0.05) is 67.9 Å². The summed E-state index contributed by atoms with van der Waals surface area (Å²) in [6.45, 7) is 14.6. The number of nitrogens with zero attached hydrogens (tertiary/aromatic N) is 4. The van der Waals surface area contributed by atoms with Crippen LogP contribution in [0.5, 0.6) is 0 Å². The van der Waals surface area contributed by atoms with Crippen LogP contribution in [0.2, 0.25) is 0 Å². The Labute approximate surface area is 194 Å². The number of likely N-dealkylation sites (tertiary alicyclic amines) is 1. The number of aromatic nitrogens is 2. The lowest BCUT2D eigenvalue weighted by Crippen LogP contribution is -2.36. The highest BCUT2D eigenvalue weighted by Crippen LogP contribution is 2.29. The van der Waals surface area contributed by atoms with Gasteiger partial charge in [-0.05, 0) is 51.0 Å². The van der Waals surface area contributed by atoms with Crippen molar-refractivity contribution in [2.75, 3.05) is 26.2 Å². The SMILES string of the molecule is C=C(C1CCN=C/C(C#CC)=C\C=C\NCC1)N1CCC(n2cc(CN)cn2)CC1.CC. The summed E-state index contributed by atoms with van der Waals surface area (Å²) in [5.74, 6) is 6.46. The summed E-state index contributed by atoms with van der Waals surface area (Å²) in [6.07, 6.45) is 16.1. The van der Waals surface area contributed by atoms with Crippen molar-refractivity contribution >= 4 is 6.21 Å². The van der Waals surface area contributed by atoms with Crippen molar-refractivity contribution in [3.63, 3.8) is 0 Å². The van der Waals surface area contributed by atoms with E-state index < -0.39 is 0 Å². The minimum absolute atomic E-state index is 0.428. The summed E-state index contributed by atoms with van der Waals surface area (Å²) in [5.41, 5.74) is 9.00.